The molecule has 0 radical (unpaired) electrons. The summed E-state index contributed by atoms with van der Waals surface area (Å²) in [5, 5.41) is 24.4. The predicted molar refractivity (Wildman–Crippen MR) is 415 cm³/mol. The van der Waals surface area contributed by atoms with E-state index in [9.17, 15) is 24.6 Å². The molecule has 0 atom stereocenters. The van der Waals surface area contributed by atoms with Crippen LogP contribution in [0, 0.1) is 13.8 Å². The Labute approximate surface area is 621 Å². The highest BCUT2D eigenvalue weighted by Gasteiger charge is 2.17. The number of nitrogens with two attached hydrogens (primary N) is 1. The molecule has 9 aromatic carbocycles. The van der Waals surface area contributed by atoms with E-state index in [1.54, 1.807) is 118 Å². The summed E-state index contributed by atoms with van der Waals surface area (Å²) in [5.74, 6) is 2.43. The molecule has 0 aliphatic heterocycles. The predicted octanol–water partition coefficient (Wildman–Crippen LogP) is 19.0. The van der Waals surface area contributed by atoms with Gasteiger partial charge in [0.1, 0.15) is 28.8 Å². The third-order valence-corrected chi connectivity index (χ3v) is 14.5. The molecular weight excluding hydrogens is 1520 g/mol. The van der Waals surface area contributed by atoms with Crippen molar-refractivity contribution in [2.75, 3.05) is 35.9 Å². The minimum atomic E-state index is -0.451. The molecule has 16 nitrogen and oxygen atoms in total. The number of carbonyl (C=O) groups excluding carboxylic acids is 3. The zero-order valence-electron chi connectivity index (χ0n) is 54.6. The van der Waals surface area contributed by atoms with Gasteiger partial charge in [-0.05, 0) is 139 Å². The van der Waals surface area contributed by atoms with Gasteiger partial charge in [0.15, 0.2) is 11.6 Å². The van der Waals surface area contributed by atoms with Gasteiger partial charge in [-0.3, -0.25) is 14.4 Å². The van der Waals surface area contributed by atoms with Crippen molar-refractivity contribution in [2.45, 2.75) is 33.1 Å². The van der Waals surface area contributed by atoms with Crippen LogP contribution in [0.2, 0.25) is 0 Å². The van der Waals surface area contributed by atoms with Crippen LogP contribution >= 0.6 is 82.1 Å². The molecule has 0 saturated carbocycles. The summed E-state index contributed by atoms with van der Waals surface area (Å²) in [6, 6.07) is 72.7. The number of benzene rings is 9. The van der Waals surface area contributed by atoms with Crippen LogP contribution in [0.1, 0.15) is 76.0 Å². The Hall–Kier alpha value is -9.80. The summed E-state index contributed by atoms with van der Waals surface area (Å²) in [4.78, 5) is 63.5. The number of phenolic OH excluding ortho intramolecular Hbond substituents is 2. The van der Waals surface area contributed by atoms with Crippen LogP contribution in [0.25, 0.3) is 33.8 Å². The number of aromatic nitrogens is 6. The average molecular weight is 1590 g/mol. The fourth-order valence-corrected chi connectivity index (χ4v) is 9.31. The van der Waals surface area contributed by atoms with E-state index in [2.05, 4.69) is 121 Å². The number of aromatic hydroxyl groups is 2. The molecule has 6 N–H and O–H groups in total. The molecule has 0 bridgehead atoms. The third-order valence-electron chi connectivity index (χ3n) is 14.3. The van der Waals surface area contributed by atoms with Gasteiger partial charge >= 0.3 is 3.18 Å². The van der Waals surface area contributed by atoms with Crippen molar-refractivity contribution in [1.82, 2.24) is 29.9 Å². The minimum absolute atomic E-state index is 0.0920. The van der Waals surface area contributed by atoms with E-state index in [0.717, 1.165) is 44.9 Å². The van der Waals surface area contributed by atoms with Crippen molar-refractivity contribution in [3.8, 4) is 56.8 Å². The van der Waals surface area contributed by atoms with Crippen molar-refractivity contribution in [2.24, 2.45) is 0 Å². The number of nitrogen functional groups attached to an aromatic ring is 1. The molecule has 0 aliphatic carbocycles. The second-order valence-corrected chi connectivity index (χ2v) is 29.1. The van der Waals surface area contributed by atoms with Crippen molar-refractivity contribution >= 4 is 120 Å². The molecule has 100 heavy (non-hydrogen) atoms. The standard InChI is InChI=1S/C26H23N3O2.C24H19N3O3.C18H17N3.C8H7ClO2.CH2Cl2.BBr3/c1-18-8-10-20(11-9-18)24-17-27-25(23(28-24)16-19-6-4-3-5-7-19)29-26(30)21-12-14-22(31-2)15-13-21;28-19-10-6-17(7-11-19)22-15-25-23(21(26-22)14-16-4-2-1-3-5-16)27-24(30)18-8-12-20(29)13-9-18;1-13-7-9-15(10-8-13)17-12-20-18(19)16(21-17)11-14-5-3-2-4-6-14;1-11-7-4-2-6(3-5-7)8(9)10;2-1-3;2-1(3)4/h3-15,17H,16H2,1-2H3,(H,27,29,30);1-13,15,28-29H,14H2,(H,25,27,30);2-10,12H,11H2,1H3,(H2,19,20);2-5H,1H3;1H2;. The number of halogens is 6. The topological polar surface area (TPSA) is 238 Å². The number of aryl methyl sites for hydroxylation is 2. The number of hydrogen-bond donors (Lipinski definition) is 5. The quantitative estimate of drug-likeness (QED) is 0.0344. The van der Waals surface area contributed by atoms with E-state index in [1.165, 1.54) is 28.8 Å². The van der Waals surface area contributed by atoms with Gasteiger partial charge in [0, 0.05) is 52.6 Å². The van der Waals surface area contributed by atoms with Crippen molar-refractivity contribution < 1.29 is 34.1 Å². The first-order chi connectivity index (χ1) is 48.3. The lowest BCUT2D eigenvalue weighted by atomic mass is 10.1. The van der Waals surface area contributed by atoms with E-state index >= 15 is 0 Å². The lowest BCUT2D eigenvalue weighted by molar-refractivity contribution is 0.101. The Balaban J connectivity index is 0.000000190. The van der Waals surface area contributed by atoms with Crippen LogP contribution in [-0.2, 0) is 19.3 Å². The van der Waals surface area contributed by atoms with Crippen LogP contribution in [0.5, 0.6) is 23.0 Å². The third kappa shape index (κ3) is 25.8. The number of nitrogens with one attached hydrogen (secondary N) is 2. The summed E-state index contributed by atoms with van der Waals surface area (Å²) in [6.45, 7) is 4.12. The number of methoxy groups -OCH3 is 2. The Morgan fingerprint density at radius 2 is 0.730 bits per heavy atom. The van der Waals surface area contributed by atoms with Gasteiger partial charge in [-0.2, -0.15) is 0 Å². The highest BCUT2D eigenvalue weighted by molar-refractivity contribution is 9.69. The molecule has 0 spiro atoms. The lowest BCUT2D eigenvalue weighted by Crippen LogP contribution is -2.15. The summed E-state index contributed by atoms with van der Waals surface area (Å²) < 4.78 is 10.3. The Kier molecular flexibility index (Phi) is 31.7. The van der Waals surface area contributed by atoms with Gasteiger partial charge < -0.3 is 36.1 Å². The van der Waals surface area contributed by atoms with E-state index in [4.69, 9.17) is 60.0 Å². The molecule has 12 aromatic rings. The maximum atomic E-state index is 12.8. The maximum absolute atomic E-state index is 12.8. The first-order valence-corrected chi connectivity index (χ1v) is 34.8. The second-order valence-electron chi connectivity index (χ2n) is 21.5. The average Bonchev–Trinajstić information content (AvgIpc) is 0.841. The van der Waals surface area contributed by atoms with E-state index in [1.807, 2.05) is 110 Å². The van der Waals surface area contributed by atoms with E-state index in [0.29, 0.717) is 82.0 Å². The molecule has 2 amide bonds. The van der Waals surface area contributed by atoms with Crippen LogP contribution in [0.15, 0.2) is 255 Å². The van der Waals surface area contributed by atoms with Crippen molar-refractivity contribution in [3.05, 3.63) is 317 Å². The maximum Gasteiger partial charge on any atom is 0.369 e. The fourth-order valence-electron chi connectivity index (χ4n) is 9.18. The van der Waals surface area contributed by atoms with Crippen LogP contribution < -0.4 is 25.8 Å². The van der Waals surface area contributed by atoms with Crippen LogP contribution in [0.4, 0.5) is 17.5 Å². The van der Waals surface area contributed by atoms with Gasteiger partial charge in [-0.15, -0.1) is 70.5 Å². The largest absolute Gasteiger partial charge is 0.508 e. The fraction of sp³-hybridized carbons (Fsp3) is 0.104. The zero-order valence-corrected chi connectivity index (χ0v) is 61.6. The number of amides is 2. The summed E-state index contributed by atoms with van der Waals surface area (Å²) in [7, 11) is 3.16. The zero-order chi connectivity index (χ0) is 71.8. The number of hydrogen-bond acceptors (Lipinski definition) is 14. The van der Waals surface area contributed by atoms with Gasteiger partial charge in [0.2, 0.25) is 0 Å². The number of rotatable bonds is 16. The minimum Gasteiger partial charge on any atom is -0.508 e. The molecule has 0 fully saturated rings. The first kappa shape index (κ1) is 77.6. The molecule has 12 rings (SSSR count). The number of alkyl halides is 2. The molecule has 0 aliphatic rings. The monoisotopic (exact) mass is 1580 g/mol. The Morgan fingerprint density at radius 3 is 1.07 bits per heavy atom. The summed E-state index contributed by atoms with van der Waals surface area (Å²) >= 11 is 24.1. The number of phenols is 2. The molecule has 0 saturated heterocycles. The SMILES string of the molecule is BrB(Br)Br.COc1ccc(C(=O)Cl)cc1.COc1ccc(C(=O)Nc2ncc(-c3ccc(C)cc3)nc2Cc2ccccc2)cc1.Cc1ccc(-c2cnc(N)c(Cc3ccccc3)n2)cc1.ClCCl.O=C(Nc1ncc(-c2ccc(O)cc2)nc1Cc1ccccc1)c1ccc(O)cc1. The Bertz CT molecular complexity index is 4510. The van der Waals surface area contributed by atoms with E-state index < -0.39 is 5.24 Å². The molecule has 3 aromatic heterocycles. The van der Waals surface area contributed by atoms with Crippen LogP contribution in [-0.4, -0.2) is 79.9 Å². The molecule has 508 valence electrons. The molecular formula is C77H68BBr3Cl3N9O7. The number of carbonyl (C=O) groups is 3. The van der Waals surface area contributed by atoms with Crippen molar-refractivity contribution in [1.29, 1.82) is 0 Å². The van der Waals surface area contributed by atoms with Gasteiger partial charge in [-0.25, -0.2) is 29.9 Å². The summed E-state index contributed by atoms with van der Waals surface area (Å²) in [5.41, 5.74) is 20.4. The smallest absolute Gasteiger partial charge is 0.369 e. The molecule has 0 unspecified atom stereocenters. The Morgan fingerprint density at radius 1 is 0.440 bits per heavy atom. The number of anilines is 3. The summed E-state index contributed by atoms with van der Waals surface area (Å²) in [6.07, 6.45) is 6.76. The van der Waals surface area contributed by atoms with Gasteiger partial charge in [0.05, 0.1) is 72.3 Å². The number of nitrogens with zero attached hydrogens (tertiary/aromatic N) is 6. The highest BCUT2D eigenvalue weighted by Crippen LogP contribution is 2.27. The van der Waals surface area contributed by atoms with E-state index in [-0.39, 0.29) is 31.8 Å². The lowest BCUT2D eigenvalue weighted by Gasteiger charge is -2.12. The normalized spacial score (nSPS) is 10.1. The van der Waals surface area contributed by atoms with Gasteiger partial charge in [0.25, 0.3) is 17.1 Å². The van der Waals surface area contributed by atoms with Gasteiger partial charge in [-0.1, -0.05) is 151 Å². The van der Waals surface area contributed by atoms with Crippen LogP contribution in [0.3, 0.4) is 0 Å². The second kappa shape index (κ2) is 40.9. The van der Waals surface area contributed by atoms with Crippen molar-refractivity contribution in [3.63, 3.8) is 0 Å². The highest BCUT2D eigenvalue weighted by atomic mass is 79.9. The molecule has 3 heterocycles. The first-order valence-electron chi connectivity index (χ1n) is 30.6. The number of ether oxygens (including phenoxy) is 2. The molecule has 23 heteroatoms.